The molecule has 1 N–H and O–H groups in total. The maximum atomic E-state index is 12.3. The highest BCUT2D eigenvalue weighted by Gasteiger charge is 2.10. The molecule has 134 valence electrons. The summed E-state index contributed by atoms with van der Waals surface area (Å²) in [5, 5.41) is 6.56. The lowest BCUT2D eigenvalue weighted by atomic mass is 10.1. The van der Waals surface area contributed by atoms with E-state index in [0.29, 0.717) is 5.56 Å². The fraction of sp³-hybridized carbons (Fsp3) is 0.0909. The molecule has 1 aromatic heterocycles. The smallest absolute Gasteiger partial charge is 0.272 e. The summed E-state index contributed by atoms with van der Waals surface area (Å²) in [5.74, 6) is -0.208. The van der Waals surface area contributed by atoms with Crippen molar-refractivity contribution in [2.45, 2.75) is 13.5 Å². The van der Waals surface area contributed by atoms with Gasteiger partial charge in [-0.15, -0.1) is 0 Å². The number of fused-ring (bicyclic) bond motifs is 3. The first-order chi connectivity index (χ1) is 13.2. The molecule has 0 aliphatic carbocycles. The fourth-order valence-corrected chi connectivity index (χ4v) is 4.00. The summed E-state index contributed by atoms with van der Waals surface area (Å²) in [6.45, 7) is 3.07. The summed E-state index contributed by atoms with van der Waals surface area (Å²) in [4.78, 5) is 12.3. The molecule has 4 nitrogen and oxygen atoms in total. The van der Waals surface area contributed by atoms with Gasteiger partial charge >= 0.3 is 0 Å². The van der Waals surface area contributed by atoms with Crippen LogP contribution in [0.2, 0.25) is 0 Å². The van der Waals surface area contributed by atoms with Crippen molar-refractivity contribution in [2.24, 2.45) is 5.10 Å². The minimum absolute atomic E-state index is 0.208. The minimum Gasteiger partial charge on any atom is -0.341 e. The van der Waals surface area contributed by atoms with Crippen LogP contribution in [0.4, 0.5) is 0 Å². The number of carbonyl (C=O) groups excluding carboxylic acids is 1. The Bertz CT molecular complexity index is 1180. The maximum absolute atomic E-state index is 12.3. The largest absolute Gasteiger partial charge is 0.341 e. The van der Waals surface area contributed by atoms with E-state index >= 15 is 0 Å². The number of para-hydroxylation sites is 1. The van der Waals surface area contributed by atoms with Gasteiger partial charge in [0.05, 0.1) is 11.8 Å². The lowest BCUT2D eigenvalue weighted by Crippen LogP contribution is -2.18. The molecule has 0 radical (unpaired) electrons. The lowest BCUT2D eigenvalue weighted by Gasteiger charge is -2.03. The number of aryl methyl sites for hydroxylation is 1. The number of hydrazone groups is 1. The number of nitrogens with one attached hydrogen (secondary N) is 1. The summed E-state index contributed by atoms with van der Waals surface area (Å²) in [7, 11) is 0. The second-order valence-corrected chi connectivity index (χ2v) is 7.38. The Kier molecular flexibility index (Phi) is 4.94. The van der Waals surface area contributed by atoms with Gasteiger partial charge in [0.2, 0.25) is 0 Å². The predicted molar refractivity (Wildman–Crippen MR) is 119 cm³/mol. The number of halogens is 1. The summed E-state index contributed by atoms with van der Waals surface area (Å²) >= 11 is 2.15. The monoisotopic (exact) mass is 467 g/mol. The molecule has 0 spiro atoms. The molecule has 4 rings (SSSR count). The van der Waals surface area contributed by atoms with Crippen LogP contribution < -0.4 is 5.43 Å². The van der Waals surface area contributed by atoms with Gasteiger partial charge in [-0.05, 0) is 65.4 Å². The van der Waals surface area contributed by atoms with Crippen LogP contribution in [-0.4, -0.2) is 16.7 Å². The van der Waals surface area contributed by atoms with Crippen LogP contribution in [0.1, 0.15) is 22.8 Å². The van der Waals surface area contributed by atoms with Gasteiger partial charge < -0.3 is 4.57 Å². The molecule has 0 atom stereocenters. The predicted octanol–water partition coefficient (Wildman–Crippen LogP) is 5.18. The van der Waals surface area contributed by atoms with Gasteiger partial charge in [-0.2, -0.15) is 5.10 Å². The molecule has 0 saturated heterocycles. The van der Waals surface area contributed by atoms with Crippen LogP contribution in [0.25, 0.3) is 21.8 Å². The van der Waals surface area contributed by atoms with Gasteiger partial charge in [0, 0.05) is 31.9 Å². The van der Waals surface area contributed by atoms with Gasteiger partial charge in [-0.3, -0.25) is 4.79 Å². The third-order valence-electron chi connectivity index (χ3n) is 4.61. The van der Waals surface area contributed by atoms with Crippen LogP contribution >= 0.6 is 22.6 Å². The minimum atomic E-state index is -0.208. The van der Waals surface area contributed by atoms with E-state index in [1.807, 2.05) is 24.3 Å². The zero-order valence-electron chi connectivity index (χ0n) is 14.8. The van der Waals surface area contributed by atoms with Crippen LogP contribution in [0.3, 0.4) is 0 Å². The van der Waals surface area contributed by atoms with E-state index in [9.17, 15) is 4.79 Å². The van der Waals surface area contributed by atoms with Gasteiger partial charge in [0.25, 0.3) is 5.91 Å². The van der Waals surface area contributed by atoms with Gasteiger partial charge in [-0.25, -0.2) is 5.43 Å². The Hall–Kier alpha value is -2.67. The average Bonchev–Trinajstić information content (AvgIpc) is 3.01. The molecule has 1 amide bonds. The average molecular weight is 467 g/mol. The van der Waals surface area contributed by atoms with Crippen molar-refractivity contribution in [3.63, 3.8) is 0 Å². The van der Waals surface area contributed by atoms with E-state index in [4.69, 9.17) is 0 Å². The van der Waals surface area contributed by atoms with Gasteiger partial charge in [0.15, 0.2) is 0 Å². The number of nitrogens with zero attached hydrogens (tertiary/aromatic N) is 2. The van der Waals surface area contributed by atoms with E-state index in [2.05, 4.69) is 81.0 Å². The Labute approximate surface area is 171 Å². The summed E-state index contributed by atoms with van der Waals surface area (Å²) in [5.41, 5.74) is 6.62. The molecule has 3 aromatic carbocycles. The van der Waals surface area contributed by atoms with E-state index < -0.39 is 0 Å². The zero-order valence-corrected chi connectivity index (χ0v) is 17.0. The first-order valence-corrected chi connectivity index (χ1v) is 9.86. The molecule has 0 fully saturated rings. The third-order valence-corrected chi connectivity index (χ3v) is 5.55. The Morgan fingerprint density at radius 2 is 1.78 bits per heavy atom. The number of benzene rings is 3. The van der Waals surface area contributed by atoms with Crippen molar-refractivity contribution < 1.29 is 4.79 Å². The van der Waals surface area contributed by atoms with Crippen LogP contribution in [0.15, 0.2) is 71.8 Å². The molecule has 4 aromatic rings. The number of hydrogen-bond acceptors (Lipinski definition) is 2. The van der Waals surface area contributed by atoms with Crippen molar-refractivity contribution in [1.82, 2.24) is 9.99 Å². The van der Waals surface area contributed by atoms with E-state index in [0.717, 1.165) is 15.7 Å². The highest BCUT2D eigenvalue weighted by molar-refractivity contribution is 14.1. The standard InChI is InChI=1S/C22H18IN3O/c1-2-26-20-10-6-4-7-16(20)18-13-15(11-12-21(18)26)14-24-25-22(27)17-8-3-5-9-19(17)23/h3-14H,2H2,1H3,(H,25,27). The second-order valence-electron chi connectivity index (χ2n) is 6.22. The van der Waals surface area contributed by atoms with Crippen molar-refractivity contribution in [3.05, 3.63) is 81.4 Å². The number of carbonyl (C=O) groups is 1. The van der Waals surface area contributed by atoms with Crippen LogP contribution in [0, 0.1) is 3.57 Å². The summed E-state index contributed by atoms with van der Waals surface area (Å²) < 4.78 is 3.21. The van der Waals surface area contributed by atoms with Crippen LogP contribution in [0.5, 0.6) is 0 Å². The van der Waals surface area contributed by atoms with E-state index in [1.54, 1.807) is 12.3 Å². The normalized spacial score (nSPS) is 11.5. The SMILES string of the molecule is CCn1c2ccccc2c2cc(C=NNC(=O)c3ccccc3I)ccc21. The highest BCUT2D eigenvalue weighted by atomic mass is 127. The van der Waals surface area contributed by atoms with E-state index in [1.165, 1.54) is 21.8 Å². The maximum Gasteiger partial charge on any atom is 0.272 e. The first-order valence-electron chi connectivity index (χ1n) is 8.78. The summed E-state index contributed by atoms with van der Waals surface area (Å²) in [6, 6.07) is 22.1. The molecule has 0 bridgehead atoms. The Balaban J connectivity index is 1.63. The number of amides is 1. The van der Waals surface area contributed by atoms with Crippen molar-refractivity contribution >= 4 is 56.5 Å². The molecule has 1 heterocycles. The molecule has 0 unspecified atom stereocenters. The highest BCUT2D eigenvalue weighted by Crippen LogP contribution is 2.29. The van der Waals surface area contributed by atoms with Gasteiger partial charge in [-0.1, -0.05) is 36.4 Å². The van der Waals surface area contributed by atoms with Gasteiger partial charge in [0.1, 0.15) is 0 Å². The zero-order chi connectivity index (χ0) is 18.8. The number of hydrogen-bond donors (Lipinski definition) is 1. The fourth-order valence-electron chi connectivity index (χ4n) is 3.36. The van der Waals surface area contributed by atoms with Crippen molar-refractivity contribution in [3.8, 4) is 0 Å². The molecule has 0 aliphatic rings. The number of aromatic nitrogens is 1. The quantitative estimate of drug-likeness (QED) is 0.251. The Morgan fingerprint density at radius 1 is 1.04 bits per heavy atom. The lowest BCUT2D eigenvalue weighted by molar-refractivity contribution is 0.0954. The summed E-state index contributed by atoms with van der Waals surface area (Å²) in [6.07, 6.45) is 1.69. The van der Waals surface area contributed by atoms with Crippen LogP contribution in [-0.2, 0) is 6.54 Å². The third kappa shape index (κ3) is 3.35. The molecule has 0 aliphatic heterocycles. The van der Waals surface area contributed by atoms with Crippen molar-refractivity contribution in [2.75, 3.05) is 0 Å². The number of rotatable bonds is 4. The van der Waals surface area contributed by atoms with Crippen molar-refractivity contribution in [1.29, 1.82) is 0 Å². The molecule has 0 saturated carbocycles. The molecular formula is C22H18IN3O. The Morgan fingerprint density at radius 3 is 2.59 bits per heavy atom. The topological polar surface area (TPSA) is 46.4 Å². The molecular weight excluding hydrogens is 449 g/mol. The second kappa shape index (κ2) is 7.52. The molecule has 5 heteroatoms. The molecule has 27 heavy (non-hydrogen) atoms. The van der Waals surface area contributed by atoms with E-state index in [-0.39, 0.29) is 5.91 Å². The first kappa shape index (κ1) is 17.7.